The maximum Gasteiger partial charge on any atom is 0.232 e. The Morgan fingerprint density at radius 3 is 2.90 bits per heavy atom. The average molecular weight is 143 g/mol. The van der Waals surface area contributed by atoms with E-state index in [0.717, 1.165) is 12.8 Å². The van der Waals surface area contributed by atoms with Crippen LogP contribution in [0.5, 0.6) is 0 Å². The fraction of sp³-hybridized carbons (Fsp3) is 0.667. The predicted molar refractivity (Wildman–Crippen MR) is 35.0 cm³/mol. The van der Waals surface area contributed by atoms with E-state index >= 15 is 0 Å². The Morgan fingerprint density at radius 1 is 1.60 bits per heavy atom. The summed E-state index contributed by atoms with van der Waals surface area (Å²) in [7, 11) is 0. The van der Waals surface area contributed by atoms with Gasteiger partial charge in [-0.25, -0.2) is 5.10 Å². The zero-order chi connectivity index (χ0) is 7.40. The van der Waals surface area contributed by atoms with E-state index in [4.69, 9.17) is 0 Å². The third kappa shape index (κ3) is 1.52. The van der Waals surface area contributed by atoms with Crippen molar-refractivity contribution in [3.8, 4) is 0 Å². The summed E-state index contributed by atoms with van der Waals surface area (Å²) in [6.07, 6.45) is 2.69. The van der Waals surface area contributed by atoms with E-state index in [0.29, 0.717) is 12.1 Å². The number of unbranched alkanes of at least 4 members (excludes halogenated alkanes) is 1. The van der Waals surface area contributed by atoms with E-state index in [-0.39, 0.29) is 0 Å². The smallest absolute Gasteiger partial charge is 0.232 e. The molecule has 0 saturated heterocycles. The van der Waals surface area contributed by atoms with Gasteiger partial charge >= 0.3 is 0 Å². The van der Waals surface area contributed by atoms with Crippen LogP contribution >= 0.6 is 0 Å². The maximum atomic E-state index is 12.5. The standard InChI is InChI=1S/C6H10FN3/c1-2-3-4-5-6(7)9-10-8-5/h2-4H2,1H3,(H,8,9,10). The Hall–Kier alpha value is -0.930. The van der Waals surface area contributed by atoms with Gasteiger partial charge in [-0.3, -0.25) is 0 Å². The van der Waals surface area contributed by atoms with Gasteiger partial charge in [0.25, 0.3) is 0 Å². The van der Waals surface area contributed by atoms with Crippen molar-refractivity contribution < 1.29 is 4.39 Å². The van der Waals surface area contributed by atoms with Gasteiger partial charge in [0.05, 0.1) is 0 Å². The summed E-state index contributed by atoms with van der Waals surface area (Å²) in [5.41, 5.74) is 0.446. The van der Waals surface area contributed by atoms with Crippen molar-refractivity contribution in [3.63, 3.8) is 0 Å². The number of nitrogens with one attached hydrogen (secondary N) is 1. The average Bonchev–Trinajstić information content (AvgIpc) is 2.31. The second-order valence-electron chi connectivity index (χ2n) is 2.18. The molecule has 1 aromatic heterocycles. The molecular formula is C6H10FN3. The lowest BCUT2D eigenvalue weighted by Gasteiger charge is -1.89. The van der Waals surface area contributed by atoms with Crippen LogP contribution in [0.1, 0.15) is 25.5 Å². The fourth-order valence-electron chi connectivity index (χ4n) is 0.742. The highest BCUT2D eigenvalue weighted by atomic mass is 19.1. The van der Waals surface area contributed by atoms with Crippen LogP contribution in [0.15, 0.2) is 0 Å². The Kier molecular flexibility index (Phi) is 2.36. The molecule has 1 aromatic rings. The molecule has 0 aliphatic heterocycles. The van der Waals surface area contributed by atoms with Crippen molar-refractivity contribution in [2.75, 3.05) is 0 Å². The number of hydrogen-bond donors (Lipinski definition) is 1. The van der Waals surface area contributed by atoms with Crippen LogP contribution in [0.25, 0.3) is 0 Å². The van der Waals surface area contributed by atoms with Crippen LogP contribution in [0, 0.1) is 5.95 Å². The molecule has 1 N–H and O–H groups in total. The molecule has 56 valence electrons. The number of nitrogens with zero attached hydrogens (tertiary/aromatic N) is 2. The number of aryl methyl sites for hydroxylation is 1. The second kappa shape index (κ2) is 3.29. The first-order chi connectivity index (χ1) is 4.84. The van der Waals surface area contributed by atoms with Gasteiger partial charge in [0.15, 0.2) is 0 Å². The van der Waals surface area contributed by atoms with E-state index in [1.807, 2.05) is 0 Å². The SMILES string of the molecule is CCCCc1nn[nH]c1F. The Morgan fingerprint density at radius 2 is 2.40 bits per heavy atom. The molecule has 0 saturated carbocycles. The maximum absolute atomic E-state index is 12.5. The summed E-state index contributed by atoms with van der Waals surface area (Å²) < 4.78 is 12.5. The summed E-state index contributed by atoms with van der Waals surface area (Å²) in [6.45, 7) is 2.05. The predicted octanol–water partition coefficient (Wildman–Crippen LogP) is 1.29. The molecule has 3 nitrogen and oxygen atoms in total. The topological polar surface area (TPSA) is 41.6 Å². The number of aromatic nitrogens is 3. The zero-order valence-electron chi connectivity index (χ0n) is 5.89. The summed E-state index contributed by atoms with van der Waals surface area (Å²) in [6, 6.07) is 0. The molecule has 10 heavy (non-hydrogen) atoms. The highest BCUT2D eigenvalue weighted by Gasteiger charge is 2.03. The quantitative estimate of drug-likeness (QED) is 0.692. The van der Waals surface area contributed by atoms with Crippen LogP contribution in [0.3, 0.4) is 0 Å². The Labute approximate surface area is 58.6 Å². The third-order valence-electron chi connectivity index (χ3n) is 1.34. The first kappa shape index (κ1) is 7.18. The number of halogens is 1. The lowest BCUT2D eigenvalue weighted by atomic mass is 10.2. The molecule has 0 bridgehead atoms. The third-order valence-corrected chi connectivity index (χ3v) is 1.34. The first-order valence-corrected chi connectivity index (χ1v) is 3.40. The second-order valence-corrected chi connectivity index (χ2v) is 2.18. The van der Waals surface area contributed by atoms with E-state index < -0.39 is 5.95 Å². The van der Waals surface area contributed by atoms with Crippen molar-refractivity contribution in [1.82, 2.24) is 15.4 Å². The zero-order valence-corrected chi connectivity index (χ0v) is 5.89. The minimum atomic E-state index is -0.395. The van der Waals surface area contributed by atoms with E-state index in [1.165, 1.54) is 0 Å². The molecule has 0 unspecified atom stereocenters. The van der Waals surface area contributed by atoms with E-state index in [1.54, 1.807) is 0 Å². The highest BCUT2D eigenvalue weighted by molar-refractivity contribution is 4.93. The minimum Gasteiger partial charge on any atom is -0.232 e. The van der Waals surface area contributed by atoms with Crippen molar-refractivity contribution in [2.45, 2.75) is 26.2 Å². The minimum absolute atomic E-state index is 0.395. The lowest BCUT2D eigenvalue weighted by Crippen LogP contribution is -1.88. The molecule has 1 heterocycles. The van der Waals surface area contributed by atoms with Crippen LogP contribution < -0.4 is 0 Å². The van der Waals surface area contributed by atoms with Crippen molar-refractivity contribution in [1.29, 1.82) is 0 Å². The number of hydrogen-bond acceptors (Lipinski definition) is 2. The molecule has 0 aliphatic rings. The highest BCUT2D eigenvalue weighted by Crippen LogP contribution is 2.02. The summed E-state index contributed by atoms with van der Waals surface area (Å²) in [5.74, 6) is -0.395. The molecule has 0 radical (unpaired) electrons. The largest absolute Gasteiger partial charge is 0.232 e. The molecule has 0 aromatic carbocycles. The van der Waals surface area contributed by atoms with Gasteiger partial charge in [-0.05, 0) is 12.8 Å². The molecule has 0 fully saturated rings. The van der Waals surface area contributed by atoms with Gasteiger partial charge in [-0.1, -0.05) is 18.6 Å². The molecular weight excluding hydrogens is 133 g/mol. The van der Waals surface area contributed by atoms with Crippen LogP contribution in [0.2, 0.25) is 0 Å². The van der Waals surface area contributed by atoms with E-state index in [9.17, 15) is 4.39 Å². The molecule has 0 atom stereocenters. The molecule has 0 aliphatic carbocycles. The first-order valence-electron chi connectivity index (χ1n) is 3.40. The van der Waals surface area contributed by atoms with Crippen molar-refractivity contribution in [3.05, 3.63) is 11.6 Å². The van der Waals surface area contributed by atoms with Gasteiger partial charge < -0.3 is 0 Å². The lowest BCUT2D eigenvalue weighted by molar-refractivity contribution is 0.562. The fourth-order valence-corrected chi connectivity index (χ4v) is 0.742. The molecule has 0 amide bonds. The van der Waals surface area contributed by atoms with E-state index in [2.05, 4.69) is 22.3 Å². The number of H-pyrrole nitrogens is 1. The molecule has 1 rings (SSSR count). The van der Waals surface area contributed by atoms with Gasteiger partial charge in [0.1, 0.15) is 5.69 Å². The Balaban J connectivity index is 2.49. The Bertz CT molecular complexity index is 197. The number of aromatic amines is 1. The summed E-state index contributed by atoms with van der Waals surface area (Å²) in [4.78, 5) is 0. The van der Waals surface area contributed by atoms with Crippen LogP contribution in [0.4, 0.5) is 4.39 Å². The van der Waals surface area contributed by atoms with Gasteiger partial charge in [-0.2, -0.15) is 4.39 Å². The normalized spacial score (nSPS) is 10.2. The molecule has 4 heteroatoms. The van der Waals surface area contributed by atoms with Gasteiger partial charge in [0, 0.05) is 0 Å². The van der Waals surface area contributed by atoms with Crippen molar-refractivity contribution in [2.24, 2.45) is 0 Å². The van der Waals surface area contributed by atoms with Gasteiger partial charge in [-0.15, -0.1) is 5.10 Å². The van der Waals surface area contributed by atoms with Crippen LogP contribution in [-0.2, 0) is 6.42 Å². The van der Waals surface area contributed by atoms with Gasteiger partial charge in [0.2, 0.25) is 5.95 Å². The number of rotatable bonds is 3. The summed E-state index contributed by atoms with van der Waals surface area (Å²) >= 11 is 0. The summed E-state index contributed by atoms with van der Waals surface area (Å²) in [5, 5.41) is 9.05. The van der Waals surface area contributed by atoms with Crippen LogP contribution in [-0.4, -0.2) is 15.4 Å². The monoisotopic (exact) mass is 143 g/mol. The van der Waals surface area contributed by atoms with Crippen molar-refractivity contribution >= 4 is 0 Å². The molecule has 0 spiro atoms.